The lowest BCUT2D eigenvalue weighted by Crippen LogP contribution is -2.45. The van der Waals surface area contributed by atoms with E-state index in [4.69, 9.17) is 26.4 Å². The molecule has 1 saturated carbocycles. The Labute approximate surface area is 176 Å². The molecule has 164 valence electrons. The molecule has 4 atom stereocenters. The van der Waals surface area contributed by atoms with Crippen molar-refractivity contribution in [3.63, 3.8) is 0 Å². The van der Waals surface area contributed by atoms with Gasteiger partial charge in [0.15, 0.2) is 29.3 Å². The standard InChI is InChI=1S/C19H21FN6O5/c1-4-19(20)14(30-10(3)28)12(7-29-9(2)27)31-17(19)26-8-22-13-15(23-11-5-6-11)24-18(21)25-16(13)26/h1,8,11-12,14,17H,5-7H2,2-3H3,(H3,21,23,24,25)/t12-,14?,17-,19+/m1/s1. The maximum absolute atomic E-state index is 16.1. The van der Waals surface area contributed by atoms with Crippen LogP contribution in [0.5, 0.6) is 0 Å². The topological polar surface area (TPSA) is 143 Å². The van der Waals surface area contributed by atoms with Crippen molar-refractivity contribution in [2.24, 2.45) is 0 Å². The van der Waals surface area contributed by atoms with E-state index in [-0.39, 0.29) is 24.2 Å². The molecule has 2 aromatic rings. The third kappa shape index (κ3) is 3.84. The Kier molecular flexibility index (Phi) is 5.14. The molecular formula is C19H21FN6O5. The highest BCUT2D eigenvalue weighted by molar-refractivity contribution is 5.84. The first kappa shape index (κ1) is 20.8. The van der Waals surface area contributed by atoms with Gasteiger partial charge in [-0.15, -0.1) is 6.42 Å². The molecule has 1 aliphatic carbocycles. The number of ether oxygens (including phenoxy) is 3. The summed E-state index contributed by atoms with van der Waals surface area (Å²) in [6.07, 6.45) is 4.64. The molecule has 0 aromatic carbocycles. The van der Waals surface area contributed by atoms with Gasteiger partial charge in [0.05, 0.1) is 6.33 Å². The summed E-state index contributed by atoms with van der Waals surface area (Å²) in [6, 6.07) is 0.262. The first-order valence-electron chi connectivity index (χ1n) is 9.62. The molecule has 0 spiro atoms. The fourth-order valence-electron chi connectivity index (χ4n) is 3.46. The van der Waals surface area contributed by atoms with Gasteiger partial charge in [-0.25, -0.2) is 9.37 Å². The minimum Gasteiger partial charge on any atom is -0.463 e. The summed E-state index contributed by atoms with van der Waals surface area (Å²) in [5.41, 5.74) is 3.79. The van der Waals surface area contributed by atoms with Crippen LogP contribution in [0.1, 0.15) is 32.9 Å². The molecule has 4 rings (SSSR count). The normalized spacial score (nSPS) is 27.6. The number of carbonyl (C=O) groups excluding carboxylic acids is 2. The van der Waals surface area contributed by atoms with Crippen LogP contribution >= 0.6 is 0 Å². The van der Waals surface area contributed by atoms with E-state index >= 15 is 4.39 Å². The van der Waals surface area contributed by atoms with Gasteiger partial charge in [0, 0.05) is 19.9 Å². The number of alkyl halides is 1. The third-order valence-corrected chi connectivity index (χ3v) is 4.99. The van der Waals surface area contributed by atoms with Gasteiger partial charge in [-0.3, -0.25) is 14.2 Å². The van der Waals surface area contributed by atoms with Crippen LogP contribution < -0.4 is 11.1 Å². The molecule has 12 heteroatoms. The van der Waals surface area contributed by atoms with Gasteiger partial charge in [0.25, 0.3) is 5.67 Å². The maximum Gasteiger partial charge on any atom is 0.303 e. The first-order valence-corrected chi connectivity index (χ1v) is 9.62. The Morgan fingerprint density at radius 2 is 2.16 bits per heavy atom. The SMILES string of the molecule is C#C[C@]1(F)C(OC(C)=O)[C@@H](COC(C)=O)O[C@H]1n1cnc2c(NC3CC3)nc(N)nc21. The summed E-state index contributed by atoms with van der Waals surface area (Å²) in [7, 11) is 0. The molecule has 1 aliphatic heterocycles. The number of aromatic nitrogens is 4. The summed E-state index contributed by atoms with van der Waals surface area (Å²) in [5.74, 6) is 1.03. The second kappa shape index (κ2) is 7.66. The van der Waals surface area contributed by atoms with Gasteiger partial charge < -0.3 is 25.3 Å². The predicted octanol–water partition coefficient (Wildman–Crippen LogP) is 0.716. The molecule has 3 N–H and O–H groups in total. The van der Waals surface area contributed by atoms with Crippen molar-refractivity contribution in [2.45, 2.75) is 56.8 Å². The molecule has 0 radical (unpaired) electrons. The third-order valence-electron chi connectivity index (χ3n) is 4.99. The number of anilines is 2. The zero-order valence-corrected chi connectivity index (χ0v) is 16.9. The Hall–Kier alpha value is -3.46. The van der Waals surface area contributed by atoms with Gasteiger partial charge in [-0.2, -0.15) is 9.97 Å². The van der Waals surface area contributed by atoms with E-state index in [1.807, 2.05) is 5.92 Å². The first-order chi connectivity index (χ1) is 14.7. The maximum atomic E-state index is 16.1. The molecule has 2 fully saturated rings. The van der Waals surface area contributed by atoms with Gasteiger partial charge in [-0.1, -0.05) is 5.92 Å². The largest absolute Gasteiger partial charge is 0.463 e. The lowest BCUT2D eigenvalue weighted by atomic mass is 9.96. The Morgan fingerprint density at radius 1 is 1.42 bits per heavy atom. The number of imidazole rings is 1. The van der Waals surface area contributed by atoms with Crippen LogP contribution in [0.25, 0.3) is 11.2 Å². The number of nitrogens with zero attached hydrogens (tertiary/aromatic N) is 4. The molecular weight excluding hydrogens is 411 g/mol. The fraction of sp³-hybridized carbons (Fsp3) is 0.526. The van der Waals surface area contributed by atoms with Crippen LogP contribution in [-0.2, 0) is 23.8 Å². The zero-order valence-electron chi connectivity index (χ0n) is 16.9. The second-order valence-corrected chi connectivity index (χ2v) is 7.44. The molecule has 0 bridgehead atoms. The summed E-state index contributed by atoms with van der Waals surface area (Å²) in [6.45, 7) is 1.94. The van der Waals surface area contributed by atoms with Crippen molar-refractivity contribution < 1.29 is 28.2 Å². The molecule has 0 amide bonds. The van der Waals surface area contributed by atoms with Crippen molar-refractivity contribution in [1.82, 2.24) is 19.5 Å². The summed E-state index contributed by atoms with van der Waals surface area (Å²) >= 11 is 0. The molecule has 3 heterocycles. The highest BCUT2D eigenvalue weighted by Gasteiger charge is 2.61. The number of nitrogens with two attached hydrogens (primary N) is 1. The van der Waals surface area contributed by atoms with Crippen molar-refractivity contribution in [2.75, 3.05) is 17.7 Å². The molecule has 1 saturated heterocycles. The Balaban J connectivity index is 1.76. The number of carbonyl (C=O) groups is 2. The number of nitrogen functional groups attached to an aromatic ring is 1. The van der Waals surface area contributed by atoms with Gasteiger partial charge in [0.2, 0.25) is 5.95 Å². The number of hydrogen-bond donors (Lipinski definition) is 2. The van der Waals surface area contributed by atoms with Crippen LogP contribution in [0.15, 0.2) is 6.33 Å². The second-order valence-electron chi connectivity index (χ2n) is 7.44. The summed E-state index contributed by atoms with van der Waals surface area (Å²) < 4.78 is 33.2. The molecule has 31 heavy (non-hydrogen) atoms. The van der Waals surface area contributed by atoms with Crippen LogP contribution in [0.4, 0.5) is 16.2 Å². The smallest absolute Gasteiger partial charge is 0.303 e. The number of rotatable bonds is 6. The molecule has 2 aromatic heterocycles. The number of terminal acetylenes is 1. The van der Waals surface area contributed by atoms with E-state index in [2.05, 4.69) is 20.3 Å². The van der Waals surface area contributed by atoms with Gasteiger partial charge >= 0.3 is 11.9 Å². The highest BCUT2D eigenvalue weighted by atomic mass is 19.1. The summed E-state index contributed by atoms with van der Waals surface area (Å²) in [5, 5.41) is 3.21. The number of halogens is 1. The monoisotopic (exact) mass is 432 g/mol. The van der Waals surface area contributed by atoms with Crippen LogP contribution in [0, 0.1) is 12.3 Å². The average Bonchev–Trinajstić information content (AvgIpc) is 3.36. The number of fused-ring (bicyclic) bond motifs is 1. The molecule has 2 aliphatic rings. The van der Waals surface area contributed by atoms with E-state index in [1.54, 1.807) is 0 Å². The van der Waals surface area contributed by atoms with E-state index in [0.29, 0.717) is 11.3 Å². The Bertz CT molecular complexity index is 1080. The van der Waals surface area contributed by atoms with Crippen molar-refractivity contribution >= 4 is 34.9 Å². The minimum atomic E-state index is -2.60. The lowest BCUT2D eigenvalue weighted by molar-refractivity contribution is -0.157. The zero-order chi connectivity index (χ0) is 22.3. The predicted molar refractivity (Wildman–Crippen MR) is 105 cm³/mol. The molecule has 1 unspecified atom stereocenters. The van der Waals surface area contributed by atoms with Gasteiger partial charge in [0.1, 0.15) is 12.7 Å². The van der Waals surface area contributed by atoms with E-state index in [1.165, 1.54) is 17.8 Å². The van der Waals surface area contributed by atoms with Crippen LogP contribution in [0.2, 0.25) is 0 Å². The number of esters is 2. The van der Waals surface area contributed by atoms with Crippen LogP contribution in [0.3, 0.4) is 0 Å². The number of hydrogen-bond acceptors (Lipinski definition) is 10. The van der Waals surface area contributed by atoms with Crippen molar-refractivity contribution in [3.8, 4) is 12.3 Å². The van der Waals surface area contributed by atoms with E-state index in [9.17, 15) is 9.59 Å². The van der Waals surface area contributed by atoms with E-state index < -0.39 is 36.0 Å². The summed E-state index contributed by atoms with van der Waals surface area (Å²) in [4.78, 5) is 35.5. The quantitative estimate of drug-likeness (QED) is 0.495. The van der Waals surface area contributed by atoms with Crippen molar-refractivity contribution in [3.05, 3.63) is 6.33 Å². The minimum absolute atomic E-state index is 0.0476. The average molecular weight is 432 g/mol. The lowest BCUT2D eigenvalue weighted by Gasteiger charge is -2.26. The van der Waals surface area contributed by atoms with Crippen LogP contribution in [-0.4, -0.2) is 62.0 Å². The van der Waals surface area contributed by atoms with Crippen molar-refractivity contribution in [1.29, 1.82) is 0 Å². The fourth-order valence-corrected chi connectivity index (χ4v) is 3.46. The van der Waals surface area contributed by atoms with Gasteiger partial charge in [-0.05, 0) is 12.8 Å². The highest BCUT2D eigenvalue weighted by Crippen LogP contribution is 2.44. The number of nitrogens with one attached hydrogen (secondary N) is 1. The van der Waals surface area contributed by atoms with E-state index in [0.717, 1.165) is 19.8 Å². The molecule has 11 nitrogen and oxygen atoms in total. The Morgan fingerprint density at radius 3 is 2.77 bits per heavy atom.